The van der Waals surface area contributed by atoms with Crippen molar-refractivity contribution in [2.45, 2.75) is 39.3 Å². The Morgan fingerprint density at radius 2 is 1.80 bits per heavy atom. The van der Waals surface area contributed by atoms with Gasteiger partial charge in [-0.1, -0.05) is 39.0 Å². The zero-order valence-corrected chi connectivity index (χ0v) is 17.4. The van der Waals surface area contributed by atoms with Gasteiger partial charge in [-0.2, -0.15) is 0 Å². The second kappa shape index (κ2) is 8.90. The monoisotopic (exact) mass is 410 g/mol. The van der Waals surface area contributed by atoms with E-state index in [1.165, 1.54) is 12.1 Å². The van der Waals surface area contributed by atoms with E-state index in [9.17, 15) is 19.4 Å². The number of hydrogen-bond acceptors (Lipinski definition) is 4. The normalized spacial score (nSPS) is 13.8. The van der Waals surface area contributed by atoms with E-state index >= 15 is 0 Å². The minimum absolute atomic E-state index is 0.236. The highest BCUT2D eigenvalue weighted by Gasteiger charge is 2.26. The zero-order chi connectivity index (χ0) is 21.9. The van der Waals surface area contributed by atoms with Gasteiger partial charge in [0.2, 0.25) is 0 Å². The number of carbonyl (C=O) groups excluding carboxylic acids is 1. The van der Waals surface area contributed by atoms with Crippen LogP contribution < -0.4 is 5.32 Å². The lowest BCUT2D eigenvalue weighted by Crippen LogP contribution is -2.42. The number of amides is 1. The van der Waals surface area contributed by atoms with E-state index in [2.05, 4.69) is 10.3 Å². The molecular formula is C24H27FN2O3. The fourth-order valence-electron chi connectivity index (χ4n) is 3.20. The van der Waals surface area contributed by atoms with E-state index in [4.69, 9.17) is 0 Å². The molecule has 2 aromatic carbocycles. The highest BCUT2D eigenvalue weighted by Crippen LogP contribution is 2.26. The van der Waals surface area contributed by atoms with Gasteiger partial charge in [0.15, 0.2) is 0 Å². The predicted octanol–water partition coefficient (Wildman–Crippen LogP) is 3.93. The number of rotatable bonds is 6. The topological polar surface area (TPSA) is 82.5 Å². The molecule has 1 aromatic heterocycles. The molecule has 0 aliphatic rings. The van der Waals surface area contributed by atoms with Gasteiger partial charge in [-0.05, 0) is 48.2 Å². The van der Waals surface area contributed by atoms with Crippen molar-refractivity contribution in [2.75, 3.05) is 6.61 Å². The number of halogens is 1. The van der Waals surface area contributed by atoms with Crippen LogP contribution in [0.2, 0.25) is 0 Å². The third-order valence-electron chi connectivity index (χ3n) is 5.16. The molecule has 0 aliphatic carbocycles. The van der Waals surface area contributed by atoms with Crippen LogP contribution in [0.3, 0.4) is 0 Å². The molecule has 0 radical (unpaired) electrons. The smallest absolute Gasteiger partial charge is 0.252 e. The van der Waals surface area contributed by atoms with Gasteiger partial charge >= 0.3 is 0 Å². The van der Waals surface area contributed by atoms with Gasteiger partial charge in [0, 0.05) is 10.9 Å². The molecule has 3 rings (SSSR count). The van der Waals surface area contributed by atoms with Crippen molar-refractivity contribution in [3.8, 4) is 11.3 Å². The third-order valence-corrected chi connectivity index (χ3v) is 5.16. The third kappa shape index (κ3) is 5.01. The summed E-state index contributed by atoms with van der Waals surface area (Å²) >= 11 is 0. The Kier molecular flexibility index (Phi) is 6.48. The number of nitrogens with one attached hydrogen (secondary N) is 1. The summed E-state index contributed by atoms with van der Waals surface area (Å²) in [5.74, 6) is -0.710. The maximum Gasteiger partial charge on any atom is 0.252 e. The van der Waals surface area contributed by atoms with Crippen molar-refractivity contribution in [1.29, 1.82) is 0 Å². The molecular weight excluding hydrogens is 383 g/mol. The molecule has 6 heteroatoms. The first-order valence-electron chi connectivity index (χ1n) is 9.94. The van der Waals surface area contributed by atoms with Crippen molar-refractivity contribution in [3.63, 3.8) is 0 Å². The number of pyridine rings is 1. The lowest BCUT2D eigenvalue weighted by molar-refractivity contribution is 0.0383. The second-order valence-corrected chi connectivity index (χ2v) is 8.55. The predicted molar refractivity (Wildman–Crippen MR) is 116 cm³/mol. The number of hydrogen-bond donors (Lipinski definition) is 3. The molecule has 0 saturated carbocycles. The molecule has 30 heavy (non-hydrogen) atoms. The quantitative estimate of drug-likeness (QED) is 0.575. The Balaban J connectivity index is 1.95. The molecule has 3 N–H and O–H groups in total. The molecule has 2 atom stereocenters. The fourth-order valence-corrected chi connectivity index (χ4v) is 3.20. The van der Waals surface area contributed by atoms with Gasteiger partial charge in [0.05, 0.1) is 35.5 Å². The molecule has 0 saturated heterocycles. The number of aliphatic hydroxyl groups excluding tert-OH is 2. The first-order chi connectivity index (χ1) is 14.2. The molecule has 3 aromatic rings. The van der Waals surface area contributed by atoms with Crippen LogP contribution in [0.15, 0.2) is 54.6 Å². The summed E-state index contributed by atoms with van der Waals surface area (Å²) < 4.78 is 13.3. The van der Waals surface area contributed by atoms with E-state index in [1.54, 1.807) is 18.2 Å². The summed E-state index contributed by atoms with van der Waals surface area (Å²) in [7, 11) is 0. The van der Waals surface area contributed by atoms with Crippen molar-refractivity contribution < 1.29 is 19.4 Å². The number of carbonyl (C=O) groups is 1. The van der Waals surface area contributed by atoms with Gasteiger partial charge in [-0.25, -0.2) is 9.37 Å². The molecule has 1 amide bonds. The van der Waals surface area contributed by atoms with E-state index in [0.29, 0.717) is 27.7 Å². The standard InChI is InChI=1S/C24H27FN2O3/c1-24(2,3)22(29)12-17(14-28)26-23(30)19-13-21(15-8-10-16(25)11-9-15)27-20-7-5-4-6-18(19)20/h4-11,13,17,22,28-29H,12,14H2,1-3H3,(H,26,30)/t17-,22-/m0/s1. The Bertz CT molecular complexity index is 1030. The van der Waals surface area contributed by atoms with Crippen LogP contribution >= 0.6 is 0 Å². The molecule has 158 valence electrons. The lowest BCUT2D eigenvalue weighted by Gasteiger charge is -2.29. The molecule has 0 aliphatic heterocycles. The average molecular weight is 410 g/mol. The van der Waals surface area contributed by atoms with Gasteiger partial charge in [0.25, 0.3) is 5.91 Å². The molecule has 1 heterocycles. The average Bonchev–Trinajstić information content (AvgIpc) is 2.72. The summed E-state index contributed by atoms with van der Waals surface area (Å²) in [4.78, 5) is 17.7. The first-order valence-corrected chi connectivity index (χ1v) is 9.94. The van der Waals surface area contributed by atoms with Crippen molar-refractivity contribution in [3.05, 3.63) is 66.0 Å². The first kappa shape index (κ1) is 21.9. The Hall–Kier alpha value is -2.83. The number of para-hydroxylation sites is 1. The highest BCUT2D eigenvalue weighted by molar-refractivity contribution is 6.07. The van der Waals surface area contributed by atoms with E-state index in [-0.39, 0.29) is 30.2 Å². The Morgan fingerprint density at radius 1 is 1.13 bits per heavy atom. The van der Waals surface area contributed by atoms with E-state index in [1.807, 2.05) is 45.0 Å². The minimum Gasteiger partial charge on any atom is -0.394 e. The van der Waals surface area contributed by atoms with Crippen molar-refractivity contribution in [2.24, 2.45) is 5.41 Å². The summed E-state index contributed by atoms with van der Waals surface area (Å²) in [5, 5.41) is 23.6. The van der Waals surface area contributed by atoms with Crippen molar-refractivity contribution >= 4 is 16.8 Å². The van der Waals surface area contributed by atoms with Gasteiger partial charge in [0.1, 0.15) is 5.82 Å². The molecule has 0 spiro atoms. The van der Waals surface area contributed by atoms with Crippen LogP contribution in [0.25, 0.3) is 22.2 Å². The fraction of sp³-hybridized carbons (Fsp3) is 0.333. The SMILES string of the molecule is CC(C)(C)[C@@H](O)C[C@@H](CO)NC(=O)c1cc(-c2ccc(F)cc2)nc2ccccc12. The van der Waals surface area contributed by atoms with E-state index in [0.717, 1.165) is 0 Å². The summed E-state index contributed by atoms with van der Waals surface area (Å²) in [6, 6.07) is 14.3. The largest absolute Gasteiger partial charge is 0.394 e. The lowest BCUT2D eigenvalue weighted by atomic mass is 9.85. The van der Waals surface area contributed by atoms with Crippen LogP contribution in [0.4, 0.5) is 4.39 Å². The maximum absolute atomic E-state index is 13.3. The van der Waals surface area contributed by atoms with E-state index < -0.39 is 12.1 Å². The number of nitrogens with zero attached hydrogens (tertiary/aromatic N) is 1. The molecule has 5 nitrogen and oxygen atoms in total. The van der Waals surface area contributed by atoms with Crippen LogP contribution in [0.1, 0.15) is 37.6 Å². The summed E-state index contributed by atoms with van der Waals surface area (Å²) in [6.45, 7) is 5.42. The number of aromatic nitrogens is 1. The van der Waals surface area contributed by atoms with Gasteiger partial charge in [-0.15, -0.1) is 0 Å². The van der Waals surface area contributed by atoms with Gasteiger partial charge < -0.3 is 15.5 Å². The zero-order valence-electron chi connectivity index (χ0n) is 17.4. The highest BCUT2D eigenvalue weighted by atomic mass is 19.1. The molecule has 0 bridgehead atoms. The summed E-state index contributed by atoms with van der Waals surface area (Å²) in [6.07, 6.45) is -0.446. The van der Waals surface area contributed by atoms with Crippen LogP contribution in [-0.4, -0.2) is 39.9 Å². The number of benzene rings is 2. The van der Waals surface area contributed by atoms with Gasteiger partial charge in [-0.3, -0.25) is 4.79 Å². The number of fused-ring (bicyclic) bond motifs is 1. The van der Waals surface area contributed by atoms with Crippen LogP contribution in [0, 0.1) is 11.2 Å². The van der Waals surface area contributed by atoms with Crippen LogP contribution in [-0.2, 0) is 0 Å². The Morgan fingerprint density at radius 3 is 2.43 bits per heavy atom. The minimum atomic E-state index is -0.682. The Labute approximate surface area is 175 Å². The molecule has 0 unspecified atom stereocenters. The second-order valence-electron chi connectivity index (χ2n) is 8.55. The number of aliphatic hydroxyl groups is 2. The van der Waals surface area contributed by atoms with Crippen LogP contribution in [0.5, 0.6) is 0 Å². The maximum atomic E-state index is 13.3. The summed E-state index contributed by atoms with van der Waals surface area (Å²) in [5.41, 5.74) is 1.92. The molecule has 0 fully saturated rings. The van der Waals surface area contributed by atoms with Crippen molar-refractivity contribution in [1.82, 2.24) is 10.3 Å².